The molecule has 0 bridgehead atoms. The molecular formula is C20H17F2N7OS. The van der Waals surface area contributed by atoms with E-state index < -0.39 is 23.4 Å². The molecule has 158 valence electrons. The lowest BCUT2D eigenvalue weighted by Gasteiger charge is -2.50. The van der Waals surface area contributed by atoms with Crippen molar-refractivity contribution in [3.8, 4) is 11.4 Å². The Morgan fingerprint density at radius 2 is 2.10 bits per heavy atom. The summed E-state index contributed by atoms with van der Waals surface area (Å²) in [6.45, 7) is 0. The lowest BCUT2D eigenvalue weighted by Crippen LogP contribution is -2.56. The second kappa shape index (κ2) is 7.05. The predicted octanol–water partition coefficient (Wildman–Crippen LogP) is 2.95. The topological polar surface area (TPSA) is 102 Å². The first-order valence-electron chi connectivity index (χ1n) is 9.48. The monoisotopic (exact) mass is 441 g/mol. The van der Waals surface area contributed by atoms with Crippen molar-refractivity contribution in [2.75, 3.05) is 11.9 Å². The van der Waals surface area contributed by atoms with E-state index in [1.54, 1.807) is 40.1 Å². The molecule has 4 aromatic heterocycles. The molecule has 31 heavy (non-hydrogen) atoms. The maximum Gasteiger partial charge on any atom is 0.266 e. The normalized spacial score (nSPS) is 20.5. The first kappa shape index (κ1) is 19.5. The molecule has 0 radical (unpaired) electrons. The Hall–Kier alpha value is -3.47. The molecule has 0 saturated heterocycles. The zero-order valence-electron chi connectivity index (χ0n) is 16.4. The van der Waals surface area contributed by atoms with Gasteiger partial charge in [-0.25, -0.2) is 13.8 Å². The summed E-state index contributed by atoms with van der Waals surface area (Å²) in [7, 11) is 1.73. The number of anilines is 1. The minimum atomic E-state index is -1.03. The number of pyridine rings is 1. The van der Waals surface area contributed by atoms with Gasteiger partial charge in [-0.2, -0.15) is 0 Å². The number of nitrogens with two attached hydrogens (primary N) is 1. The van der Waals surface area contributed by atoms with Crippen LogP contribution in [0.4, 0.5) is 14.6 Å². The van der Waals surface area contributed by atoms with E-state index in [1.165, 1.54) is 29.7 Å². The molecule has 11 heteroatoms. The van der Waals surface area contributed by atoms with Gasteiger partial charge in [0.05, 0.1) is 5.54 Å². The van der Waals surface area contributed by atoms with Crippen LogP contribution in [0.25, 0.3) is 16.3 Å². The van der Waals surface area contributed by atoms with E-state index in [1.807, 2.05) is 0 Å². The van der Waals surface area contributed by atoms with Gasteiger partial charge < -0.3 is 10.6 Å². The molecular weight excluding hydrogens is 424 g/mol. The van der Waals surface area contributed by atoms with E-state index in [0.717, 1.165) is 0 Å². The van der Waals surface area contributed by atoms with Crippen LogP contribution in [0, 0.1) is 5.82 Å². The molecule has 4 aromatic rings. The number of fused-ring (bicyclic) bond motifs is 1. The number of amides is 1. The highest BCUT2D eigenvalue weighted by Crippen LogP contribution is 2.48. The van der Waals surface area contributed by atoms with Crippen molar-refractivity contribution in [3.05, 3.63) is 59.2 Å². The summed E-state index contributed by atoms with van der Waals surface area (Å²) in [6, 6.07) is 6.28. The molecule has 1 aliphatic carbocycles. The number of carbonyl (C=O) groups excluding carboxylic acids is 1. The summed E-state index contributed by atoms with van der Waals surface area (Å²) >= 11 is 1.30. The summed E-state index contributed by atoms with van der Waals surface area (Å²) in [4.78, 5) is 22.5. The summed E-state index contributed by atoms with van der Waals surface area (Å²) < 4.78 is 30.0. The minimum absolute atomic E-state index is 0.119. The largest absolute Gasteiger partial charge is 0.364 e. The molecule has 1 fully saturated rings. The van der Waals surface area contributed by atoms with Crippen molar-refractivity contribution in [3.63, 3.8) is 0 Å². The van der Waals surface area contributed by atoms with Gasteiger partial charge in [0.25, 0.3) is 5.91 Å². The number of thiazole rings is 1. The Morgan fingerprint density at radius 3 is 2.74 bits per heavy atom. The van der Waals surface area contributed by atoms with Gasteiger partial charge in [0.1, 0.15) is 34.8 Å². The SMILES string of the molecule is CN(c1ccc(-c2cn3c(C(N)=O)csc3n2)nn1)[C@]1(c2ncccc2F)C[C@@H](F)C1. The average molecular weight is 441 g/mol. The third kappa shape index (κ3) is 3.03. The van der Waals surface area contributed by atoms with Gasteiger partial charge in [0, 0.05) is 37.7 Å². The lowest BCUT2D eigenvalue weighted by atomic mass is 9.71. The number of halogens is 2. The van der Waals surface area contributed by atoms with Crippen molar-refractivity contribution in [2.24, 2.45) is 5.73 Å². The number of aromatic nitrogens is 5. The fourth-order valence-corrected chi connectivity index (χ4v) is 4.83. The molecule has 8 nitrogen and oxygen atoms in total. The van der Waals surface area contributed by atoms with Crippen molar-refractivity contribution in [1.29, 1.82) is 0 Å². The number of hydrogen-bond acceptors (Lipinski definition) is 7. The number of rotatable bonds is 5. The molecule has 0 unspecified atom stereocenters. The van der Waals surface area contributed by atoms with E-state index in [9.17, 15) is 13.6 Å². The minimum Gasteiger partial charge on any atom is -0.364 e. The Balaban J connectivity index is 1.47. The van der Waals surface area contributed by atoms with Gasteiger partial charge in [-0.05, 0) is 24.3 Å². The fraction of sp³-hybridized carbons (Fsp3) is 0.250. The van der Waals surface area contributed by atoms with E-state index in [0.29, 0.717) is 27.9 Å². The molecule has 4 heterocycles. The van der Waals surface area contributed by atoms with Crippen LogP contribution in [0.3, 0.4) is 0 Å². The third-order valence-corrected chi connectivity index (χ3v) is 6.52. The van der Waals surface area contributed by atoms with Crippen LogP contribution in [-0.4, -0.2) is 43.7 Å². The maximum absolute atomic E-state index is 14.5. The van der Waals surface area contributed by atoms with Crippen LogP contribution in [0.15, 0.2) is 42.0 Å². The summed E-state index contributed by atoms with van der Waals surface area (Å²) in [5, 5.41) is 10.1. The van der Waals surface area contributed by atoms with E-state index in [2.05, 4.69) is 20.2 Å². The molecule has 1 amide bonds. The van der Waals surface area contributed by atoms with Crippen LogP contribution in [-0.2, 0) is 5.54 Å². The van der Waals surface area contributed by atoms with Crippen LogP contribution >= 0.6 is 11.3 Å². The van der Waals surface area contributed by atoms with E-state index >= 15 is 0 Å². The molecule has 0 aliphatic heterocycles. The zero-order chi connectivity index (χ0) is 21.8. The summed E-state index contributed by atoms with van der Waals surface area (Å²) in [6.07, 6.45) is 2.37. The lowest BCUT2D eigenvalue weighted by molar-refractivity contribution is 0.0865. The third-order valence-electron chi connectivity index (χ3n) is 5.68. The second-order valence-corrected chi connectivity index (χ2v) is 8.31. The van der Waals surface area contributed by atoms with Crippen LogP contribution in [0.5, 0.6) is 0 Å². The molecule has 0 spiro atoms. The standard InChI is InChI=1S/C20H17F2N7OS/c1-28(20(7-11(21)8-20)17-12(22)3-2-6-24-17)16-5-4-13(26-27-16)14-9-29-15(18(23)30)10-31-19(29)25-14/h2-6,9-11H,7-8H2,1H3,(H2,23,30)/t11-,20-. The molecule has 1 saturated carbocycles. The molecule has 2 N–H and O–H groups in total. The Morgan fingerprint density at radius 1 is 1.29 bits per heavy atom. The van der Waals surface area contributed by atoms with Crippen molar-refractivity contribution in [1.82, 2.24) is 24.6 Å². The van der Waals surface area contributed by atoms with Crippen LogP contribution in [0.1, 0.15) is 29.0 Å². The number of imidazole rings is 1. The van der Waals surface area contributed by atoms with Crippen LogP contribution in [0.2, 0.25) is 0 Å². The van der Waals surface area contributed by atoms with Gasteiger partial charge in [0.15, 0.2) is 10.8 Å². The molecule has 5 rings (SSSR count). The first-order chi connectivity index (χ1) is 14.9. The first-order valence-corrected chi connectivity index (χ1v) is 10.4. The smallest absolute Gasteiger partial charge is 0.266 e. The van der Waals surface area contributed by atoms with Gasteiger partial charge in [-0.3, -0.25) is 14.2 Å². The van der Waals surface area contributed by atoms with Crippen molar-refractivity contribution in [2.45, 2.75) is 24.6 Å². The number of hydrogen-bond donors (Lipinski definition) is 1. The van der Waals surface area contributed by atoms with Crippen molar-refractivity contribution < 1.29 is 13.6 Å². The fourth-order valence-electron chi connectivity index (χ4n) is 3.97. The van der Waals surface area contributed by atoms with Gasteiger partial charge in [-0.1, -0.05) is 0 Å². The summed E-state index contributed by atoms with van der Waals surface area (Å²) in [5.74, 6) is -0.564. The maximum atomic E-state index is 14.5. The second-order valence-electron chi connectivity index (χ2n) is 7.47. The highest BCUT2D eigenvalue weighted by molar-refractivity contribution is 7.15. The molecule has 1 aliphatic rings. The summed E-state index contributed by atoms with van der Waals surface area (Å²) in [5.41, 5.74) is 6.03. The van der Waals surface area contributed by atoms with Gasteiger partial charge >= 0.3 is 0 Å². The number of primary amides is 1. The van der Waals surface area contributed by atoms with Crippen LogP contribution < -0.4 is 10.6 Å². The van der Waals surface area contributed by atoms with Gasteiger partial charge in [-0.15, -0.1) is 21.5 Å². The number of carbonyl (C=O) groups is 1. The van der Waals surface area contributed by atoms with E-state index in [4.69, 9.17) is 5.73 Å². The molecule has 0 aromatic carbocycles. The highest BCUT2D eigenvalue weighted by Gasteiger charge is 2.52. The predicted molar refractivity (Wildman–Crippen MR) is 111 cm³/mol. The highest BCUT2D eigenvalue weighted by atomic mass is 32.1. The Bertz CT molecular complexity index is 1280. The van der Waals surface area contributed by atoms with Gasteiger partial charge in [0.2, 0.25) is 0 Å². The average Bonchev–Trinajstić information content (AvgIpc) is 3.32. The molecule has 0 atom stereocenters. The number of nitrogens with zero attached hydrogens (tertiary/aromatic N) is 6. The Labute approximate surface area is 179 Å². The Kier molecular flexibility index (Phi) is 4.43. The quantitative estimate of drug-likeness (QED) is 0.511. The van der Waals surface area contributed by atoms with Crippen molar-refractivity contribution >= 4 is 28.0 Å². The zero-order valence-corrected chi connectivity index (χ0v) is 17.2. The van der Waals surface area contributed by atoms with E-state index in [-0.39, 0.29) is 18.5 Å². The number of alkyl halides is 1.